The van der Waals surface area contributed by atoms with Crippen LogP contribution in [-0.2, 0) is 21.7 Å². The van der Waals surface area contributed by atoms with E-state index in [4.69, 9.17) is 9.72 Å². The second kappa shape index (κ2) is 21.0. The van der Waals surface area contributed by atoms with Gasteiger partial charge in [-0.1, -0.05) is 241 Å². The average Bonchev–Trinajstić information content (AvgIpc) is 1.52. The second-order valence-electron chi connectivity index (χ2n) is 28.5. The molecule has 0 radical (unpaired) electrons. The summed E-state index contributed by atoms with van der Waals surface area (Å²) in [5.41, 5.74) is 18.8. The van der Waals surface area contributed by atoms with Gasteiger partial charge in [0, 0.05) is 45.9 Å². The molecule has 0 fully saturated rings. The summed E-state index contributed by atoms with van der Waals surface area (Å²) in [7, 11) is -2.91. The van der Waals surface area contributed by atoms with Crippen LogP contribution < -0.4 is 35.3 Å². The van der Waals surface area contributed by atoms with Gasteiger partial charge in [-0.25, -0.2) is 4.98 Å². The minimum absolute atomic E-state index is 0.0666. The molecule has 436 valence electrons. The van der Waals surface area contributed by atoms with Crippen LogP contribution in [0.2, 0.25) is 0 Å². The molecular formula is C82H78N4OSi. The summed E-state index contributed by atoms with van der Waals surface area (Å²) in [4.78, 5) is 10.2. The van der Waals surface area contributed by atoms with Crippen LogP contribution in [0, 0.1) is 0 Å². The fourth-order valence-electron chi connectivity index (χ4n) is 13.8. The Morgan fingerprint density at radius 1 is 0.375 bits per heavy atom. The number of pyridine rings is 1. The monoisotopic (exact) mass is 1160 g/mol. The van der Waals surface area contributed by atoms with Crippen LogP contribution in [0.4, 0.5) is 22.7 Å². The molecule has 6 heteroatoms. The molecular weight excluding hydrogens is 1090 g/mol. The zero-order valence-electron chi connectivity index (χ0n) is 53.0. The predicted octanol–water partition coefficient (Wildman–Crippen LogP) is 19.1. The lowest BCUT2D eigenvalue weighted by molar-refractivity contribution is 0.484. The number of ether oxygens (including phenoxy) is 1. The van der Waals surface area contributed by atoms with Gasteiger partial charge in [-0.3, -0.25) is 4.57 Å². The Morgan fingerprint density at radius 3 is 1.55 bits per heavy atom. The molecule has 0 bridgehead atoms. The predicted molar refractivity (Wildman–Crippen MR) is 375 cm³/mol. The molecule has 0 aliphatic carbocycles. The van der Waals surface area contributed by atoms with E-state index in [-0.39, 0.29) is 21.7 Å². The largest absolute Gasteiger partial charge is 0.457 e. The smallest absolute Gasteiger partial charge is 0.181 e. The molecule has 2 aliphatic heterocycles. The molecule has 0 amide bonds. The molecule has 14 rings (SSSR count). The van der Waals surface area contributed by atoms with Gasteiger partial charge in [0.15, 0.2) is 8.07 Å². The number of rotatable bonds is 10. The first-order valence-electron chi connectivity index (χ1n) is 31.3. The first-order valence-corrected chi connectivity index (χ1v) is 33.3. The molecule has 0 saturated heterocycles. The van der Waals surface area contributed by atoms with E-state index in [1.54, 1.807) is 0 Å². The molecule has 0 saturated carbocycles. The highest BCUT2D eigenvalue weighted by Gasteiger charge is 2.49. The fourth-order valence-corrected chi connectivity index (χ4v) is 19.0. The van der Waals surface area contributed by atoms with Crippen molar-refractivity contribution < 1.29 is 4.74 Å². The van der Waals surface area contributed by atoms with Gasteiger partial charge in [-0.05, 0) is 154 Å². The van der Waals surface area contributed by atoms with Crippen molar-refractivity contribution in [1.29, 1.82) is 0 Å². The molecule has 0 spiro atoms. The quantitative estimate of drug-likeness (QED) is 0.128. The third-order valence-electron chi connectivity index (χ3n) is 18.5. The van der Waals surface area contributed by atoms with E-state index in [9.17, 15) is 0 Å². The highest BCUT2D eigenvalue weighted by atomic mass is 28.3. The average molecular weight is 1160 g/mol. The zero-order chi connectivity index (χ0) is 61.1. The minimum Gasteiger partial charge on any atom is -0.457 e. The third-order valence-corrected chi connectivity index (χ3v) is 23.4. The Morgan fingerprint density at radius 2 is 0.909 bits per heavy atom. The lowest BCUT2D eigenvalue weighted by Gasteiger charge is -2.32. The molecule has 4 heterocycles. The van der Waals surface area contributed by atoms with E-state index >= 15 is 0 Å². The van der Waals surface area contributed by atoms with Gasteiger partial charge in [0.1, 0.15) is 24.0 Å². The third kappa shape index (κ3) is 9.64. The van der Waals surface area contributed by atoms with Gasteiger partial charge in [0.05, 0.1) is 28.1 Å². The number of benzene rings is 10. The number of anilines is 4. The molecule has 0 atom stereocenters. The lowest BCUT2D eigenvalue weighted by atomic mass is 9.77. The summed E-state index contributed by atoms with van der Waals surface area (Å²) in [6, 6.07) is 88.6. The van der Waals surface area contributed by atoms with Gasteiger partial charge in [0.2, 0.25) is 0 Å². The minimum atomic E-state index is -2.91. The van der Waals surface area contributed by atoms with Crippen molar-refractivity contribution in [1.82, 2.24) is 9.55 Å². The van der Waals surface area contributed by atoms with E-state index in [0.717, 1.165) is 45.4 Å². The van der Waals surface area contributed by atoms with Crippen LogP contribution in [0.15, 0.2) is 243 Å². The standard InChI is InChI=1S/C82H78N4OSi/c1-79(2,3)58-41-42-83-75(49-58)86-71-39-26-40-73-76(71)77-72(86)51-64(52-74(77)88(73,65-33-18-14-19-34-65)66-35-20-15-21-36-66)87-63-32-25-31-62(50-63)84-53-85(70-38-23-22-37-69(70)84)78-67(56-30-24-29-55(43-56)54-27-16-13-17-28-54)47-61(82(10,11)12)48-68(78)57-44-59(80(4,5)6)46-60(45-57)81(7,8)9/h13-52H,53H2,1-12H3. The van der Waals surface area contributed by atoms with Crippen LogP contribution in [0.25, 0.3) is 61.0 Å². The van der Waals surface area contributed by atoms with Gasteiger partial charge in [-0.15, -0.1) is 0 Å². The maximum Gasteiger partial charge on any atom is 0.181 e. The highest BCUT2D eigenvalue weighted by Crippen LogP contribution is 2.53. The van der Waals surface area contributed by atoms with E-state index in [1.807, 2.05) is 6.20 Å². The van der Waals surface area contributed by atoms with Crippen molar-refractivity contribution >= 4 is 73.4 Å². The van der Waals surface area contributed by atoms with Crippen LogP contribution in [-0.4, -0.2) is 24.3 Å². The number of hydrogen-bond acceptors (Lipinski definition) is 4. The lowest BCUT2D eigenvalue weighted by Crippen LogP contribution is -2.73. The number of aromatic nitrogens is 2. The van der Waals surface area contributed by atoms with E-state index in [2.05, 4.69) is 334 Å². The first-order chi connectivity index (χ1) is 42.1. The van der Waals surface area contributed by atoms with Crippen molar-refractivity contribution in [3.05, 3.63) is 265 Å². The molecule has 88 heavy (non-hydrogen) atoms. The van der Waals surface area contributed by atoms with Crippen molar-refractivity contribution in [3.63, 3.8) is 0 Å². The normalized spacial score (nSPS) is 13.9. The molecule has 0 N–H and O–H groups in total. The van der Waals surface area contributed by atoms with Gasteiger partial charge >= 0.3 is 0 Å². The summed E-state index contributed by atoms with van der Waals surface area (Å²) in [5.74, 6) is 2.46. The van der Waals surface area contributed by atoms with Gasteiger partial charge in [0.25, 0.3) is 0 Å². The summed E-state index contributed by atoms with van der Waals surface area (Å²) in [5, 5.41) is 8.01. The Balaban J connectivity index is 0.943. The van der Waals surface area contributed by atoms with Gasteiger partial charge < -0.3 is 14.5 Å². The van der Waals surface area contributed by atoms with Gasteiger partial charge in [-0.2, -0.15) is 0 Å². The SMILES string of the molecule is CC(C)(C)c1cc(-c2cc(C(C)(C)C)cc(-c3cccc(-c4ccccc4)c3)c2N2CN(c3cccc(Oc4cc5c6c7c(cccc7n(-c7cc(C(C)(C)C)ccn7)c6c4)[Si]5(c4ccccc4)c4ccccc4)c3)c3ccccc32)cc(C(C)(C)C)c1. The summed E-state index contributed by atoms with van der Waals surface area (Å²) >= 11 is 0. The fraction of sp³-hybridized carbons (Fsp3) is 0.207. The van der Waals surface area contributed by atoms with E-state index in [0.29, 0.717) is 6.67 Å². The van der Waals surface area contributed by atoms with Crippen LogP contribution in [0.1, 0.15) is 105 Å². The van der Waals surface area contributed by atoms with Crippen molar-refractivity contribution in [2.75, 3.05) is 16.5 Å². The number of nitrogens with zero attached hydrogens (tertiary/aromatic N) is 4. The Hall–Kier alpha value is -9.23. The van der Waals surface area contributed by atoms with Crippen molar-refractivity contribution in [2.24, 2.45) is 0 Å². The van der Waals surface area contributed by atoms with Crippen LogP contribution >= 0.6 is 0 Å². The summed E-state index contributed by atoms with van der Waals surface area (Å²) in [6.07, 6.45) is 1.97. The first kappa shape index (κ1) is 56.6. The number of hydrogen-bond donors (Lipinski definition) is 0. The van der Waals surface area contributed by atoms with E-state index < -0.39 is 8.07 Å². The molecule has 5 nitrogen and oxygen atoms in total. The Bertz CT molecular complexity index is 4600. The Labute approximate surface area is 521 Å². The van der Waals surface area contributed by atoms with Crippen molar-refractivity contribution in [3.8, 4) is 50.7 Å². The second-order valence-corrected chi connectivity index (χ2v) is 32.3. The van der Waals surface area contributed by atoms with Crippen LogP contribution in [0.3, 0.4) is 0 Å². The van der Waals surface area contributed by atoms with E-state index in [1.165, 1.54) is 92.8 Å². The Kier molecular flexibility index (Phi) is 13.5. The maximum absolute atomic E-state index is 7.42. The molecule has 2 aliphatic rings. The van der Waals surface area contributed by atoms with Crippen molar-refractivity contribution in [2.45, 2.75) is 105 Å². The molecule has 10 aromatic carbocycles. The number of fused-ring (bicyclic) bond motifs is 1. The highest BCUT2D eigenvalue weighted by molar-refractivity contribution is 7.23. The van der Waals surface area contributed by atoms with Crippen LogP contribution in [0.5, 0.6) is 11.5 Å². The summed E-state index contributed by atoms with van der Waals surface area (Å²) < 4.78 is 9.80. The zero-order valence-corrected chi connectivity index (χ0v) is 54.0. The molecule has 12 aromatic rings. The summed E-state index contributed by atoms with van der Waals surface area (Å²) in [6.45, 7) is 28.5. The molecule has 0 unspecified atom stereocenters. The topological polar surface area (TPSA) is 33.5 Å². The maximum atomic E-state index is 7.42. The molecule has 2 aromatic heterocycles. The number of para-hydroxylation sites is 2.